The van der Waals surface area contributed by atoms with Gasteiger partial charge in [0.1, 0.15) is 0 Å². The van der Waals surface area contributed by atoms with Crippen LogP contribution in [-0.4, -0.2) is 59.9 Å². The van der Waals surface area contributed by atoms with Crippen LogP contribution < -0.4 is 5.32 Å². The van der Waals surface area contributed by atoms with Crippen LogP contribution in [0.15, 0.2) is 24.3 Å². The van der Waals surface area contributed by atoms with Gasteiger partial charge < -0.3 is 10.2 Å². The van der Waals surface area contributed by atoms with Gasteiger partial charge in [0.15, 0.2) is 0 Å². The van der Waals surface area contributed by atoms with E-state index in [-0.39, 0.29) is 11.2 Å². The minimum Gasteiger partial charge on any atom is -0.325 e. The summed E-state index contributed by atoms with van der Waals surface area (Å²) in [4.78, 5) is 16.8. The first-order chi connectivity index (χ1) is 10.6. The van der Waals surface area contributed by atoms with E-state index in [9.17, 15) is 4.79 Å². The van der Waals surface area contributed by atoms with E-state index in [1.165, 1.54) is 5.56 Å². The summed E-state index contributed by atoms with van der Waals surface area (Å²) in [6, 6.07) is 8.24. The number of anilines is 1. The molecular weight excluding hydrogens is 294 g/mol. The SMILES string of the molecule is CCN1CCN(Cc2ccc(NC(=O)[C@H](C)SC)cc2)CC1. The van der Waals surface area contributed by atoms with Crippen molar-refractivity contribution in [3.63, 3.8) is 0 Å². The van der Waals surface area contributed by atoms with Crippen molar-refractivity contribution in [3.05, 3.63) is 29.8 Å². The summed E-state index contributed by atoms with van der Waals surface area (Å²) >= 11 is 1.56. The molecule has 0 radical (unpaired) electrons. The van der Waals surface area contributed by atoms with Crippen molar-refractivity contribution in [2.75, 3.05) is 44.3 Å². The molecule has 0 bridgehead atoms. The van der Waals surface area contributed by atoms with E-state index >= 15 is 0 Å². The van der Waals surface area contributed by atoms with Crippen LogP contribution in [0.2, 0.25) is 0 Å². The van der Waals surface area contributed by atoms with Crippen LogP contribution in [0.4, 0.5) is 5.69 Å². The first-order valence-corrected chi connectivity index (χ1v) is 9.28. The molecule has 5 heteroatoms. The number of rotatable bonds is 6. The van der Waals surface area contributed by atoms with Crippen molar-refractivity contribution in [1.82, 2.24) is 9.80 Å². The number of hydrogen-bond acceptors (Lipinski definition) is 4. The Morgan fingerprint density at radius 2 is 1.77 bits per heavy atom. The Labute approximate surface area is 138 Å². The van der Waals surface area contributed by atoms with E-state index in [4.69, 9.17) is 0 Å². The number of likely N-dealkylation sites (N-methyl/N-ethyl adjacent to an activating group) is 1. The number of carbonyl (C=O) groups excluding carboxylic acids is 1. The second-order valence-electron chi connectivity index (χ2n) is 5.77. The highest BCUT2D eigenvalue weighted by atomic mass is 32.2. The highest BCUT2D eigenvalue weighted by Gasteiger charge is 2.15. The first kappa shape index (κ1) is 17.3. The van der Waals surface area contributed by atoms with Crippen LogP contribution in [0.5, 0.6) is 0 Å². The van der Waals surface area contributed by atoms with Gasteiger partial charge in [0.05, 0.1) is 5.25 Å². The van der Waals surface area contributed by atoms with Crippen molar-refractivity contribution in [1.29, 1.82) is 0 Å². The third-order valence-electron chi connectivity index (χ3n) is 4.26. The number of hydrogen-bond donors (Lipinski definition) is 1. The fourth-order valence-electron chi connectivity index (χ4n) is 2.57. The quantitative estimate of drug-likeness (QED) is 0.873. The van der Waals surface area contributed by atoms with Crippen LogP contribution in [0.25, 0.3) is 0 Å². The average Bonchev–Trinajstić information content (AvgIpc) is 2.56. The van der Waals surface area contributed by atoms with Gasteiger partial charge in [-0.1, -0.05) is 19.1 Å². The van der Waals surface area contributed by atoms with Gasteiger partial charge in [0, 0.05) is 38.4 Å². The maximum absolute atomic E-state index is 11.9. The lowest BCUT2D eigenvalue weighted by atomic mass is 10.1. The molecule has 1 atom stereocenters. The summed E-state index contributed by atoms with van der Waals surface area (Å²) in [6.07, 6.45) is 1.95. The van der Waals surface area contributed by atoms with Gasteiger partial charge in [0.25, 0.3) is 0 Å². The Hall–Kier alpha value is -1.04. The predicted molar refractivity (Wildman–Crippen MR) is 95.4 cm³/mol. The van der Waals surface area contributed by atoms with Gasteiger partial charge in [-0.15, -0.1) is 0 Å². The molecular formula is C17H27N3OS. The molecule has 2 rings (SSSR count). The number of benzene rings is 1. The first-order valence-electron chi connectivity index (χ1n) is 7.99. The van der Waals surface area contributed by atoms with Gasteiger partial charge >= 0.3 is 0 Å². The fourth-order valence-corrected chi connectivity index (χ4v) is 2.84. The van der Waals surface area contributed by atoms with Crippen LogP contribution in [0.3, 0.4) is 0 Å². The molecule has 1 aromatic carbocycles. The Kier molecular flexibility index (Phi) is 6.73. The Bertz CT molecular complexity index is 469. The van der Waals surface area contributed by atoms with Crippen LogP contribution in [-0.2, 0) is 11.3 Å². The third-order valence-corrected chi connectivity index (χ3v) is 5.18. The topological polar surface area (TPSA) is 35.6 Å². The molecule has 1 saturated heterocycles. The molecule has 0 aromatic heterocycles. The summed E-state index contributed by atoms with van der Waals surface area (Å²) in [5, 5.41) is 2.94. The third kappa shape index (κ3) is 5.00. The van der Waals surface area contributed by atoms with E-state index < -0.39 is 0 Å². The Morgan fingerprint density at radius 3 is 2.32 bits per heavy atom. The zero-order valence-corrected chi connectivity index (χ0v) is 14.7. The van der Waals surface area contributed by atoms with Gasteiger partial charge in [-0.05, 0) is 37.4 Å². The summed E-state index contributed by atoms with van der Waals surface area (Å²) in [7, 11) is 0. The maximum Gasteiger partial charge on any atom is 0.237 e. The lowest BCUT2D eigenvalue weighted by Crippen LogP contribution is -2.45. The number of piperazine rings is 1. The minimum absolute atomic E-state index is 0.0189. The van der Waals surface area contributed by atoms with Gasteiger partial charge in [-0.2, -0.15) is 11.8 Å². The van der Waals surface area contributed by atoms with Crippen molar-refractivity contribution in [2.45, 2.75) is 25.6 Å². The lowest BCUT2D eigenvalue weighted by molar-refractivity contribution is -0.115. The highest BCUT2D eigenvalue weighted by molar-refractivity contribution is 7.99. The number of carbonyl (C=O) groups is 1. The highest BCUT2D eigenvalue weighted by Crippen LogP contribution is 2.15. The molecule has 22 heavy (non-hydrogen) atoms. The minimum atomic E-state index is -0.0189. The maximum atomic E-state index is 11.9. The van der Waals surface area contributed by atoms with E-state index in [1.807, 2.05) is 25.3 Å². The summed E-state index contributed by atoms with van der Waals surface area (Å²) in [5.74, 6) is 0.0657. The van der Waals surface area contributed by atoms with Crippen molar-refractivity contribution < 1.29 is 4.79 Å². The van der Waals surface area contributed by atoms with Gasteiger partial charge in [0.2, 0.25) is 5.91 Å². The molecule has 122 valence electrons. The van der Waals surface area contributed by atoms with Crippen molar-refractivity contribution in [2.24, 2.45) is 0 Å². The van der Waals surface area contributed by atoms with E-state index in [1.54, 1.807) is 11.8 Å². The molecule has 0 saturated carbocycles. The van der Waals surface area contributed by atoms with Gasteiger partial charge in [-0.25, -0.2) is 0 Å². The number of nitrogens with one attached hydrogen (secondary N) is 1. The van der Waals surface area contributed by atoms with Crippen LogP contribution in [0, 0.1) is 0 Å². The summed E-state index contributed by atoms with van der Waals surface area (Å²) in [5.41, 5.74) is 2.19. The Balaban J connectivity index is 1.83. The number of thioether (sulfide) groups is 1. The standard InChI is InChI=1S/C17H27N3OS/c1-4-19-9-11-20(12-10-19)13-15-5-7-16(8-6-15)18-17(21)14(2)22-3/h5-8,14H,4,9-13H2,1-3H3,(H,18,21)/t14-/m0/s1. The molecule has 1 aromatic rings. The average molecular weight is 321 g/mol. The van der Waals surface area contributed by atoms with Gasteiger partial charge in [-0.3, -0.25) is 9.69 Å². The smallest absolute Gasteiger partial charge is 0.237 e. The number of nitrogens with zero attached hydrogens (tertiary/aromatic N) is 2. The van der Waals surface area contributed by atoms with Crippen LogP contribution >= 0.6 is 11.8 Å². The molecule has 0 unspecified atom stereocenters. The van der Waals surface area contributed by atoms with E-state index in [2.05, 4.69) is 34.2 Å². The molecule has 1 N–H and O–H groups in total. The lowest BCUT2D eigenvalue weighted by Gasteiger charge is -2.34. The van der Waals surface area contributed by atoms with Crippen molar-refractivity contribution >= 4 is 23.4 Å². The molecule has 1 aliphatic heterocycles. The van der Waals surface area contributed by atoms with E-state index in [0.29, 0.717) is 0 Å². The zero-order chi connectivity index (χ0) is 15.9. The van der Waals surface area contributed by atoms with E-state index in [0.717, 1.165) is 45.0 Å². The number of amides is 1. The molecule has 1 fully saturated rings. The Morgan fingerprint density at radius 1 is 1.18 bits per heavy atom. The molecule has 1 amide bonds. The van der Waals surface area contributed by atoms with Crippen molar-refractivity contribution in [3.8, 4) is 0 Å². The summed E-state index contributed by atoms with van der Waals surface area (Å²) in [6.45, 7) is 10.9. The largest absolute Gasteiger partial charge is 0.325 e. The summed E-state index contributed by atoms with van der Waals surface area (Å²) < 4.78 is 0. The second-order valence-corrected chi connectivity index (χ2v) is 6.95. The monoisotopic (exact) mass is 321 g/mol. The zero-order valence-electron chi connectivity index (χ0n) is 13.8. The fraction of sp³-hybridized carbons (Fsp3) is 0.588. The predicted octanol–water partition coefficient (Wildman–Crippen LogP) is 2.51. The molecule has 0 aliphatic carbocycles. The van der Waals surface area contributed by atoms with Crippen LogP contribution in [0.1, 0.15) is 19.4 Å². The molecule has 1 aliphatic rings. The second kappa shape index (κ2) is 8.56. The molecule has 1 heterocycles. The normalized spacial score (nSPS) is 18.1. The molecule has 4 nitrogen and oxygen atoms in total. The molecule has 0 spiro atoms.